The Morgan fingerprint density at radius 2 is 1.90 bits per heavy atom. The van der Waals surface area contributed by atoms with E-state index in [1.807, 2.05) is 54.6 Å². The molecule has 3 aromatic rings. The van der Waals surface area contributed by atoms with Crippen LogP contribution in [0.5, 0.6) is 0 Å². The molecule has 3 nitrogen and oxygen atoms in total. The number of amides is 1. The normalized spacial score (nSPS) is 13.8. The van der Waals surface area contributed by atoms with Gasteiger partial charge in [-0.25, -0.2) is 4.98 Å². The molecule has 21 heavy (non-hydrogen) atoms. The molecule has 0 aliphatic carbocycles. The van der Waals surface area contributed by atoms with Crippen molar-refractivity contribution < 1.29 is 4.79 Å². The van der Waals surface area contributed by atoms with E-state index in [4.69, 9.17) is 0 Å². The number of carbonyl (C=O) groups is 1. The van der Waals surface area contributed by atoms with E-state index in [0.29, 0.717) is 12.2 Å². The lowest BCUT2D eigenvalue weighted by Gasteiger charge is -2.17. The zero-order chi connectivity index (χ0) is 14.4. The minimum absolute atomic E-state index is 0.0665. The van der Waals surface area contributed by atoms with Gasteiger partial charge in [0.15, 0.2) is 0 Å². The second-order valence-corrected chi connectivity index (χ2v) is 5.23. The monoisotopic (exact) mass is 273 g/mol. The molecule has 0 atom stereocenters. The Labute approximate surface area is 122 Å². The van der Waals surface area contributed by atoms with E-state index < -0.39 is 0 Å². The summed E-state index contributed by atoms with van der Waals surface area (Å²) in [4.78, 5) is 18.6. The van der Waals surface area contributed by atoms with Crippen LogP contribution >= 0.6 is 0 Å². The van der Waals surface area contributed by atoms with Crippen LogP contribution in [0.3, 0.4) is 0 Å². The van der Waals surface area contributed by atoms with Crippen molar-refractivity contribution in [2.75, 3.05) is 4.90 Å². The summed E-state index contributed by atoms with van der Waals surface area (Å²) in [6, 6.07) is 17.6. The van der Waals surface area contributed by atoms with Crippen molar-refractivity contribution in [3.63, 3.8) is 0 Å². The van der Waals surface area contributed by atoms with E-state index in [-0.39, 0.29) is 5.91 Å². The third-order valence-corrected chi connectivity index (χ3v) is 3.79. The fourth-order valence-electron chi connectivity index (χ4n) is 2.79. The van der Waals surface area contributed by atoms with Crippen molar-refractivity contribution in [2.45, 2.75) is 6.42 Å². The highest BCUT2D eigenvalue weighted by atomic mass is 16.2. The van der Waals surface area contributed by atoms with Gasteiger partial charge in [0, 0.05) is 5.39 Å². The Kier molecular flexibility index (Phi) is 2.54. The third-order valence-electron chi connectivity index (χ3n) is 3.79. The Hall–Kier alpha value is -2.68. The number of hydrogen-bond acceptors (Lipinski definition) is 2. The number of pyridine rings is 1. The van der Waals surface area contributed by atoms with Crippen LogP contribution in [-0.2, 0) is 11.2 Å². The van der Waals surface area contributed by atoms with Gasteiger partial charge in [-0.3, -0.25) is 9.69 Å². The van der Waals surface area contributed by atoms with Crippen molar-refractivity contribution in [3.05, 3.63) is 72.6 Å². The number of hydrogen-bond donors (Lipinski definition) is 0. The third kappa shape index (κ3) is 1.89. The first-order chi connectivity index (χ1) is 10.2. The topological polar surface area (TPSA) is 33.2 Å². The number of rotatable bonds is 1. The second kappa shape index (κ2) is 4.42. The SMILES string of the molecule is [CH2]c1ccc2nc(N3C(=O)Cc4ccccc43)ccc2c1. The maximum Gasteiger partial charge on any atom is 0.237 e. The van der Waals surface area contributed by atoms with Gasteiger partial charge >= 0.3 is 0 Å². The Morgan fingerprint density at radius 3 is 2.81 bits per heavy atom. The van der Waals surface area contributed by atoms with Gasteiger partial charge in [-0.15, -0.1) is 0 Å². The van der Waals surface area contributed by atoms with Crippen LogP contribution in [0.15, 0.2) is 54.6 Å². The fourth-order valence-corrected chi connectivity index (χ4v) is 2.79. The summed E-state index contributed by atoms with van der Waals surface area (Å²) in [6.45, 7) is 3.92. The first kappa shape index (κ1) is 12.1. The minimum Gasteiger partial charge on any atom is -0.274 e. The number of carbonyl (C=O) groups excluding carboxylic acids is 1. The zero-order valence-corrected chi connectivity index (χ0v) is 11.4. The molecular weight excluding hydrogens is 260 g/mol. The molecule has 3 heteroatoms. The molecule has 4 rings (SSSR count). The maximum absolute atomic E-state index is 12.3. The number of nitrogens with zero attached hydrogens (tertiary/aromatic N) is 2. The lowest BCUT2D eigenvalue weighted by atomic mass is 10.1. The first-order valence-electron chi connectivity index (χ1n) is 6.86. The summed E-state index contributed by atoms with van der Waals surface area (Å²) in [7, 11) is 0. The summed E-state index contributed by atoms with van der Waals surface area (Å²) in [5.74, 6) is 0.742. The molecule has 2 heterocycles. The summed E-state index contributed by atoms with van der Waals surface area (Å²) < 4.78 is 0. The lowest BCUT2D eigenvalue weighted by molar-refractivity contribution is -0.116. The molecule has 0 saturated heterocycles. The van der Waals surface area contributed by atoms with E-state index in [1.165, 1.54) is 0 Å². The molecular formula is C18H13N2O. The van der Waals surface area contributed by atoms with Crippen LogP contribution in [-0.4, -0.2) is 10.9 Å². The van der Waals surface area contributed by atoms with Gasteiger partial charge in [-0.1, -0.05) is 24.3 Å². The molecule has 1 aliphatic heterocycles. The molecule has 1 aliphatic rings. The molecule has 1 radical (unpaired) electrons. The predicted molar refractivity (Wildman–Crippen MR) is 83.5 cm³/mol. The average molecular weight is 273 g/mol. The molecule has 101 valence electrons. The number of benzene rings is 2. The number of fused-ring (bicyclic) bond motifs is 2. The molecule has 0 spiro atoms. The van der Waals surface area contributed by atoms with E-state index >= 15 is 0 Å². The molecule has 0 fully saturated rings. The molecule has 0 unspecified atom stereocenters. The Morgan fingerprint density at radius 1 is 1.05 bits per heavy atom. The van der Waals surface area contributed by atoms with Gasteiger partial charge in [-0.05, 0) is 48.4 Å². The van der Waals surface area contributed by atoms with Gasteiger partial charge in [0.1, 0.15) is 5.82 Å². The average Bonchev–Trinajstić information content (AvgIpc) is 2.82. The summed E-state index contributed by atoms with van der Waals surface area (Å²) in [5, 5.41) is 1.03. The lowest BCUT2D eigenvalue weighted by Crippen LogP contribution is -2.21. The van der Waals surface area contributed by atoms with Gasteiger partial charge in [0.25, 0.3) is 0 Å². The van der Waals surface area contributed by atoms with Crippen LogP contribution in [0.4, 0.5) is 11.5 Å². The Balaban J connectivity index is 1.87. The van der Waals surface area contributed by atoms with E-state index in [2.05, 4.69) is 11.9 Å². The van der Waals surface area contributed by atoms with Crippen molar-refractivity contribution >= 4 is 28.3 Å². The van der Waals surface area contributed by atoms with Gasteiger partial charge in [-0.2, -0.15) is 0 Å². The van der Waals surface area contributed by atoms with Gasteiger partial charge < -0.3 is 0 Å². The second-order valence-electron chi connectivity index (χ2n) is 5.23. The van der Waals surface area contributed by atoms with E-state index in [1.54, 1.807) is 4.90 Å². The molecule has 2 aromatic carbocycles. The summed E-state index contributed by atoms with van der Waals surface area (Å²) >= 11 is 0. The van der Waals surface area contributed by atoms with Crippen LogP contribution in [0.1, 0.15) is 11.1 Å². The van der Waals surface area contributed by atoms with E-state index in [0.717, 1.165) is 27.7 Å². The van der Waals surface area contributed by atoms with Crippen LogP contribution < -0.4 is 4.90 Å². The van der Waals surface area contributed by atoms with Gasteiger partial charge in [0.2, 0.25) is 5.91 Å². The molecule has 1 amide bonds. The maximum atomic E-state index is 12.3. The van der Waals surface area contributed by atoms with Crippen LogP contribution in [0, 0.1) is 6.92 Å². The standard InChI is InChI=1S/C18H13N2O/c1-12-6-8-15-13(10-12)7-9-17(19-15)20-16-5-3-2-4-14(16)11-18(20)21/h2-10H,1,11H2. The zero-order valence-electron chi connectivity index (χ0n) is 11.4. The highest BCUT2D eigenvalue weighted by Gasteiger charge is 2.28. The van der Waals surface area contributed by atoms with Crippen molar-refractivity contribution in [2.24, 2.45) is 0 Å². The van der Waals surface area contributed by atoms with Crippen molar-refractivity contribution in [1.82, 2.24) is 4.98 Å². The molecule has 1 aromatic heterocycles. The first-order valence-corrected chi connectivity index (χ1v) is 6.86. The van der Waals surface area contributed by atoms with Gasteiger partial charge in [0.05, 0.1) is 17.6 Å². The quantitative estimate of drug-likeness (QED) is 0.678. The summed E-state index contributed by atoms with van der Waals surface area (Å²) in [5.41, 5.74) is 3.82. The summed E-state index contributed by atoms with van der Waals surface area (Å²) in [6.07, 6.45) is 0.438. The molecule has 0 N–H and O–H groups in total. The highest BCUT2D eigenvalue weighted by molar-refractivity contribution is 6.07. The van der Waals surface area contributed by atoms with E-state index in [9.17, 15) is 4.79 Å². The minimum atomic E-state index is 0.0665. The van der Waals surface area contributed by atoms with Crippen molar-refractivity contribution in [1.29, 1.82) is 0 Å². The Bertz CT molecular complexity index is 870. The molecule has 0 saturated carbocycles. The van der Waals surface area contributed by atoms with Crippen LogP contribution in [0.25, 0.3) is 10.9 Å². The number of para-hydroxylation sites is 1. The smallest absolute Gasteiger partial charge is 0.237 e. The fraction of sp³-hybridized carbons (Fsp3) is 0.0556. The highest BCUT2D eigenvalue weighted by Crippen LogP contribution is 2.34. The largest absolute Gasteiger partial charge is 0.274 e. The number of aromatic nitrogens is 1. The molecule has 0 bridgehead atoms. The van der Waals surface area contributed by atoms with Crippen molar-refractivity contribution in [3.8, 4) is 0 Å². The van der Waals surface area contributed by atoms with Crippen LogP contribution in [0.2, 0.25) is 0 Å². The predicted octanol–water partition coefficient (Wildman–Crippen LogP) is 3.64. The number of anilines is 2.